The number of carbonyl (C=O) groups excluding carboxylic acids is 3. The van der Waals surface area contributed by atoms with Gasteiger partial charge in [0.15, 0.2) is 5.82 Å². The van der Waals surface area contributed by atoms with Gasteiger partial charge in [0.05, 0.1) is 52.7 Å². The van der Waals surface area contributed by atoms with Crippen LogP contribution in [0.2, 0.25) is 0 Å². The normalized spacial score (nSPS) is 23.0. The van der Waals surface area contributed by atoms with E-state index < -0.39 is 30.4 Å². The molecule has 1 atom stereocenters. The Balaban J connectivity index is 0.790. The quantitative estimate of drug-likeness (QED) is 0.158. The van der Waals surface area contributed by atoms with Gasteiger partial charge in [-0.15, -0.1) is 5.10 Å². The van der Waals surface area contributed by atoms with Crippen LogP contribution in [-0.4, -0.2) is 135 Å². The molecule has 5 aromatic rings. The first-order valence-corrected chi connectivity index (χ1v) is 24.3. The molecule has 10 rings (SSSR count). The molecule has 8 heterocycles. The fourth-order valence-electron chi connectivity index (χ4n) is 11.6. The molecule has 5 fully saturated rings. The number of allylic oxidation sites excluding steroid dienone is 1. The number of likely N-dealkylation sites (tertiary alicyclic amines) is 1. The number of piperidine rings is 1. The summed E-state index contributed by atoms with van der Waals surface area (Å²) in [4.78, 5) is 49.6. The van der Waals surface area contributed by atoms with E-state index in [-0.39, 0.29) is 60.9 Å². The molecule has 5 aliphatic heterocycles. The number of alkyl halides is 2. The maximum absolute atomic E-state index is 16.0. The Morgan fingerprint density at radius 2 is 1.59 bits per heavy atom. The molecule has 5 saturated heterocycles. The first-order chi connectivity index (χ1) is 32.9. The molecule has 5 aliphatic rings. The number of nitrogens with zero attached hydrogens (tertiary/aromatic N) is 9. The number of imide groups is 1. The Kier molecular flexibility index (Phi) is 12.3. The van der Waals surface area contributed by atoms with Crippen molar-refractivity contribution >= 4 is 56.9 Å². The van der Waals surface area contributed by atoms with Crippen LogP contribution in [-0.2, 0) is 26.1 Å². The van der Waals surface area contributed by atoms with Gasteiger partial charge in [-0.25, -0.2) is 18.6 Å². The van der Waals surface area contributed by atoms with Crippen LogP contribution in [0.3, 0.4) is 0 Å². The number of aromatic nitrogens is 5. The van der Waals surface area contributed by atoms with Crippen LogP contribution in [0.4, 0.5) is 29.6 Å². The molecule has 0 radical (unpaired) electrons. The van der Waals surface area contributed by atoms with Crippen molar-refractivity contribution in [2.75, 3.05) is 75.4 Å². The summed E-state index contributed by atoms with van der Waals surface area (Å²) in [5, 5.41) is 12.3. The van der Waals surface area contributed by atoms with Crippen molar-refractivity contribution in [3.63, 3.8) is 0 Å². The maximum Gasteiger partial charge on any atom is 0.329 e. The van der Waals surface area contributed by atoms with Crippen molar-refractivity contribution in [3.8, 4) is 0 Å². The molecule has 0 saturated carbocycles. The summed E-state index contributed by atoms with van der Waals surface area (Å²) in [5.41, 5.74) is 3.94. The zero-order valence-electron chi connectivity index (χ0n) is 40.0. The lowest BCUT2D eigenvalue weighted by Gasteiger charge is -2.45. The number of benzene rings is 2. The number of carbonyl (C=O) groups is 3. The second-order valence-electron chi connectivity index (χ2n) is 20.7. The summed E-state index contributed by atoms with van der Waals surface area (Å²) in [6, 6.07) is 14.6. The predicted molar refractivity (Wildman–Crippen MR) is 256 cm³/mol. The highest BCUT2D eigenvalue weighted by Crippen LogP contribution is 2.43. The smallest absolute Gasteiger partial charge is 0.329 e. The maximum atomic E-state index is 16.0. The molecule has 3 aromatic heterocycles. The average molecular weight is 951 g/mol. The number of anilines is 2. The molecule has 366 valence electrons. The number of aryl methyl sites for hydroxylation is 1. The van der Waals surface area contributed by atoms with Gasteiger partial charge in [-0.05, 0) is 125 Å². The van der Waals surface area contributed by atoms with Gasteiger partial charge in [-0.2, -0.15) is 9.49 Å². The van der Waals surface area contributed by atoms with E-state index in [1.165, 1.54) is 4.90 Å². The van der Waals surface area contributed by atoms with E-state index in [9.17, 15) is 14.4 Å². The number of hydrogen-bond donors (Lipinski definition) is 1. The van der Waals surface area contributed by atoms with Gasteiger partial charge in [0, 0.05) is 76.6 Å². The Morgan fingerprint density at radius 3 is 2.29 bits per heavy atom. The molecule has 69 heavy (non-hydrogen) atoms. The van der Waals surface area contributed by atoms with Gasteiger partial charge in [0.2, 0.25) is 17.8 Å². The Bertz CT molecular complexity index is 2790. The number of ether oxygens (including phenoxy) is 2. The van der Waals surface area contributed by atoms with E-state index in [1.807, 2.05) is 29.1 Å². The fraction of sp³-hybridized carbons (Fsp3) is 0.529. The highest BCUT2D eigenvalue weighted by molar-refractivity contribution is 6.09. The lowest BCUT2D eigenvalue weighted by molar-refractivity contribution is -0.166. The van der Waals surface area contributed by atoms with Crippen LogP contribution in [0.15, 0.2) is 60.8 Å². The minimum atomic E-state index is -3.10. The largest absolute Gasteiger partial charge is 0.381 e. The molecule has 0 bridgehead atoms. The van der Waals surface area contributed by atoms with Crippen molar-refractivity contribution in [2.24, 2.45) is 13.0 Å². The zero-order valence-corrected chi connectivity index (χ0v) is 40.0. The van der Waals surface area contributed by atoms with Crippen LogP contribution >= 0.6 is 0 Å². The topological polar surface area (TPSA) is 143 Å². The Morgan fingerprint density at radius 1 is 0.855 bits per heavy atom. The van der Waals surface area contributed by atoms with Crippen LogP contribution in [0.1, 0.15) is 94.9 Å². The Labute approximate surface area is 399 Å². The molecule has 15 nitrogen and oxygen atoms in total. The van der Waals surface area contributed by atoms with Crippen molar-refractivity contribution in [1.29, 1.82) is 0 Å². The number of nitrogens with one attached hydrogen (secondary N) is 1. The lowest BCUT2D eigenvalue weighted by Crippen LogP contribution is -2.54. The van der Waals surface area contributed by atoms with Crippen LogP contribution in [0, 0.1) is 11.9 Å². The van der Waals surface area contributed by atoms with Crippen molar-refractivity contribution in [3.05, 3.63) is 83.4 Å². The zero-order chi connectivity index (χ0) is 48.4. The summed E-state index contributed by atoms with van der Waals surface area (Å²) in [6.45, 7) is 11.6. The van der Waals surface area contributed by atoms with Crippen molar-refractivity contribution < 1.29 is 37.0 Å². The predicted octanol–water partition coefficient (Wildman–Crippen LogP) is 7.44. The number of pyridine rings is 1. The first kappa shape index (κ1) is 46.9. The van der Waals surface area contributed by atoms with E-state index in [1.54, 1.807) is 39.7 Å². The van der Waals surface area contributed by atoms with E-state index in [2.05, 4.69) is 66.3 Å². The minimum absolute atomic E-state index is 0.0828. The van der Waals surface area contributed by atoms with Gasteiger partial charge < -0.3 is 19.3 Å². The summed E-state index contributed by atoms with van der Waals surface area (Å²) in [6.07, 6.45) is 7.71. The second kappa shape index (κ2) is 18.2. The summed E-state index contributed by atoms with van der Waals surface area (Å²) >= 11 is 0. The van der Waals surface area contributed by atoms with E-state index >= 15 is 13.2 Å². The molecule has 1 unspecified atom stereocenters. The number of hydrogen-bond acceptors (Lipinski definition) is 10. The van der Waals surface area contributed by atoms with Crippen LogP contribution < -0.4 is 15.1 Å². The number of piperazine rings is 1. The average Bonchev–Trinajstić information content (AvgIpc) is 3.82. The molecule has 4 amide bonds. The van der Waals surface area contributed by atoms with Crippen molar-refractivity contribution in [1.82, 2.24) is 39.7 Å². The third-order valence-corrected chi connectivity index (χ3v) is 14.6. The number of amides is 4. The standard InChI is InChI=1S/C51H61F3N10O5/c1-49(2)27-32(28-50(3,4)69-49)24-38(33-7-10-41-39(25-33)46(52)57-64(41)36-14-22-68-23-15-36)35-8-11-43(55-29-35)61-18-20-62(21-19-61)45(66)30-60-16-12-40(51(53,54)31-60)34-6-9-37-42(26-34)59(5)58-47(37)63-17-13-44(65)56-48(63)67/h6-11,24-26,29,32,36,40H,12-23,27-28,30-31H2,1-5H3,(H,56,65,67). The molecule has 18 heteroatoms. The number of rotatable bonds is 9. The van der Waals surface area contributed by atoms with Gasteiger partial charge in [0.1, 0.15) is 5.82 Å². The lowest BCUT2D eigenvalue weighted by atomic mass is 9.79. The second-order valence-corrected chi connectivity index (χ2v) is 20.7. The summed E-state index contributed by atoms with van der Waals surface area (Å²) < 4.78 is 63.0. The van der Waals surface area contributed by atoms with Gasteiger partial charge in [-0.1, -0.05) is 18.2 Å². The molecule has 0 spiro atoms. The highest BCUT2D eigenvalue weighted by atomic mass is 19.3. The summed E-state index contributed by atoms with van der Waals surface area (Å²) in [7, 11) is 1.70. The summed E-state index contributed by atoms with van der Waals surface area (Å²) in [5.74, 6) is -3.84. The van der Waals surface area contributed by atoms with Crippen LogP contribution in [0.5, 0.6) is 0 Å². The molecular formula is C51H61F3N10O5. The molecule has 2 aromatic carbocycles. The third kappa shape index (κ3) is 9.59. The van der Waals surface area contributed by atoms with E-state index in [0.717, 1.165) is 53.7 Å². The SMILES string of the molecule is Cn1nc(N2CCC(=O)NC2=O)c2ccc(C3CCN(CC(=O)N4CCN(c5ccc(C(=CC6CC(C)(C)OC(C)(C)C6)c6ccc7c(c6)c(F)nn7C6CCOCC6)cn5)CC4)CC3(F)F)cc21. The van der Waals surface area contributed by atoms with Gasteiger partial charge in [-0.3, -0.25) is 34.1 Å². The van der Waals surface area contributed by atoms with E-state index in [4.69, 9.17) is 14.5 Å². The molecular weight excluding hydrogens is 890 g/mol. The molecule has 1 N–H and O–H groups in total. The highest BCUT2D eigenvalue weighted by Gasteiger charge is 2.46. The monoisotopic (exact) mass is 950 g/mol. The number of fused-ring (bicyclic) bond motifs is 2. The third-order valence-electron chi connectivity index (χ3n) is 14.6. The fourth-order valence-corrected chi connectivity index (χ4v) is 11.6. The minimum Gasteiger partial charge on any atom is -0.381 e. The van der Waals surface area contributed by atoms with E-state index in [0.29, 0.717) is 73.6 Å². The number of halogens is 3. The van der Waals surface area contributed by atoms with Crippen molar-refractivity contribution in [2.45, 2.75) is 95.3 Å². The number of urea groups is 1. The van der Waals surface area contributed by atoms with Gasteiger partial charge >= 0.3 is 6.03 Å². The molecule has 0 aliphatic carbocycles. The Hall–Kier alpha value is -5.85. The first-order valence-electron chi connectivity index (χ1n) is 24.3. The van der Waals surface area contributed by atoms with Crippen LogP contribution in [0.25, 0.3) is 27.4 Å². The van der Waals surface area contributed by atoms with Gasteiger partial charge in [0.25, 0.3) is 5.92 Å².